The van der Waals surface area contributed by atoms with Crippen LogP contribution in [-0.4, -0.2) is 16.1 Å². The van der Waals surface area contributed by atoms with Crippen molar-refractivity contribution in [3.05, 3.63) is 57.8 Å². The van der Waals surface area contributed by atoms with Gasteiger partial charge >= 0.3 is 5.97 Å². The van der Waals surface area contributed by atoms with Crippen LogP contribution in [0.15, 0.2) is 41.1 Å². The number of nitrogens with zero attached hydrogens (tertiary/aromatic N) is 1. The minimum atomic E-state index is -1.02. The van der Waals surface area contributed by atoms with Crippen LogP contribution in [0.2, 0.25) is 0 Å². The van der Waals surface area contributed by atoms with Crippen molar-refractivity contribution in [2.75, 3.05) is 0 Å². The molecule has 0 aliphatic heterocycles. The fraction of sp³-hybridized carbons (Fsp3) is 0.143. The lowest BCUT2D eigenvalue weighted by molar-refractivity contribution is 0.0690. The van der Waals surface area contributed by atoms with Gasteiger partial charge in [-0.3, -0.25) is 0 Å². The van der Waals surface area contributed by atoms with Crippen molar-refractivity contribution >= 4 is 21.9 Å². The normalized spacial score (nSPS) is 10.2. The average Bonchev–Trinajstić information content (AvgIpc) is 2.41. The van der Waals surface area contributed by atoms with Crippen LogP contribution in [0.3, 0.4) is 0 Å². The number of pyridine rings is 1. The summed E-state index contributed by atoms with van der Waals surface area (Å²) >= 11 is 3.21. The first-order valence-corrected chi connectivity index (χ1v) is 6.44. The maximum atomic E-state index is 11.3. The Bertz CT molecular complexity index is 599. The molecule has 1 aromatic carbocycles. The van der Waals surface area contributed by atoms with Crippen molar-refractivity contribution in [1.82, 2.24) is 4.98 Å². The lowest BCUT2D eigenvalue weighted by atomic mass is 10.1. The van der Waals surface area contributed by atoms with Gasteiger partial charge in [-0.15, -0.1) is 0 Å². The number of aromatic carboxylic acids is 1. The van der Waals surface area contributed by atoms with Gasteiger partial charge in [-0.2, -0.15) is 0 Å². The molecule has 0 spiro atoms. The van der Waals surface area contributed by atoms with Crippen LogP contribution in [0.1, 0.15) is 21.5 Å². The predicted octanol–water partition coefficient (Wildman–Crippen LogP) is 3.43. The van der Waals surface area contributed by atoms with Gasteiger partial charge in [0.1, 0.15) is 16.8 Å². The molecular weight excluding hydrogens is 310 g/mol. The number of hydrogen-bond acceptors (Lipinski definition) is 3. The lowest BCUT2D eigenvalue weighted by Gasteiger charge is -2.11. The molecule has 1 N–H and O–H groups in total. The number of ether oxygens (including phenoxy) is 1. The first-order valence-electron chi connectivity index (χ1n) is 5.64. The highest BCUT2D eigenvalue weighted by molar-refractivity contribution is 9.10. The molecule has 4 nitrogen and oxygen atoms in total. The first-order chi connectivity index (χ1) is 9.09. The molecular formula is C14H12BrNO3. The number of aromatic nitrogens is 1. The molecule has 0 aliphatic carbocycles. The molecule has 0 saturated carbocycles. The highest BCUT2D eigenvalue weighted by Gasteiger charge is 2.17. The van der Waals surface area contributed by atoms with E-state index < -0.39 is 5.97 Å². The zero-order valence-electron chi connectivity index (χ0n) is 10.3. The van der Waals surface area contributed by atoms with Crippen LogP contribution in [0.5, 0.6) is 5.75 Å². The predicted molar refractivity (Wildman–Crippen MR) is 74.4 cm³/mol. The Morgan fingerprint density at radius 2 is 2.05 bits per heavy atom. The van der Waals surface area contributed by atoms with E-state index >= 15 is 0 Å². The van der Waals surface area contributed by atoms with Crippen molar-refractivity contribution in [1.29, 1.82) is 0 Å². The quantitative estimate of drug-likeness (QED) is 0.876. The molecule has 5 heteroatoms. The van der Waals surface area contributed by atoms with Gasteiger partial charge in [-0.25, -0.2) is 9.78 Å². The van der Waals surface area contributed by atoms with Crippen molar-refractivity contribution in [2.45, 2.75) is 13.5 Å². The number of hydrogen-bond donors (Lipinski definition) is 1. The summed E-state index contributed by atoms with van der Waals surface area (Å²) in [6.07, 6.45) is 1.42. The maximum Gasteiger partial charge on any atom is 0.339 e. The molecule has 98 valence electrons. The molecule has 0 aliphatic rings. The third-order valence-electron chi connectivity index (χ3n) is 2.68. The fourth-order valence-electron chi connectivity index (χ4n) is 1.68. The minimum absolute atomic E-state index is 0.137. The summed E-state index contributed by atoms with van der Waals surface area (Å²) < 4.78 is 6.07. The average molecular weight is 322 g/mol. The van der Waals surface area contributed by atoms with Gasteiger partial charge < -0.3 is 9.84 Å². The zero-order valence-corrected chi connectivity index (χ0v) is 11.8. The number of carbonyl (C=O) groups is 1. The molecule has 2 rings (SSSR count). The standard InChI is InChI=1S/C14H12BrNO3/c1-9-12(14(17)18)11(7-16-13(9)15)19-8-10-5-3-2-4-6-10/h2-7H,8H2,1H3,(H,17,18). The molecule has 0 saturated heterocycles. The molecule has 0 radical (unpaired) electrons. The van der Waals surface area contributed by atoms with Crippen LogP contribution >= 0.6 is 15.9 Å². The van der Waals surface area contributed by atoms with Gasteiger partial charge in [0, 0.05) is 5.56 Å². The van der Waals surface area contributed by atoms with E-state index in [1.165, 1.54) is 6.20 Å². The third-order valence-corrected chi connectivity index (χ3v) is 3.48. The molecule has 1 aromatic heterocycles. The van der Waals surface area contributed by atoms with Crippen molar-refractivity contribution in [2.24, 2.45) is 0 Å². The van der Waals surface area contributed by atoms with Crippen LogP contribution in [-0.2, 0) is 6.61 Å². The summed E-state index contributed by atoms with van der Waals surface area (Å²) in [5.74, 6) is -0.749. The van der Waals surface area contributed by atoms with Gasteiger partial charge in [-0.05, 0) is 28.4 Å². The molecule has 0 bridgehead atoms. The second kappa shape index (κ2) is 5.84. The smallest absolute Gasteiger partial charge is 0.339 e. The van der Waals surface area contributed by atoms with Gasteiger partial charge in [0.25, 0.3) is 0 Å². The van der Waals surface area contributed by atoms with Crippen LogP contribution in [0.4, 0.5) is 0 Å². The minimum Gasteiger partial charge on any atom is -0.486 e. The van der Waals surface area contributed by atoms with Crippen molar-refractivity contribution in [3.63, 3.8) is 0 Å². The van der Waals surface area contributed by atoms with E-state index in [4.69, 9.17) is 4.74 Å². The second-order valence-electron chi connectivity index (χ2n) is 3.99. The SMILES string of the molecule is Cc1c(Br)ncc(OCc2ccccc2)c1C(=O)O. The summed E-state index contributed by atoms with van der Waals surface area (Å²) in [6.45, 7) is 2.00. The van der Waals surface area contributed by atoms with E-state index in [1.54, 1.807) is 6.92 Å². The van der Waals surface area contributed by atoms with E-state index in [0.29, 0.717) is 16.8 Å². The number of rotatable bonds is 4. The van der Waals surface area contributed by atoms with E-state index in [-0.39, 0.29) is 11.3 Å². The van der Waals surface area contributed by atoms with Crippen LogP contribution in [0, 0.1) is 6.92 Å². The Hall–Kier alpha value is -1.88. The number of carboxylic acids is 1. The largest absolute Gasteiger partial charge is 0.486 e. The van der Waals surface area contributed by atoms with Gasteiger partial charge in [-0.1, -0.05) is 30.3 Å². The molecule has 0 atom stereocenters. The number of benzene rings is 1. The van der Waals surface area contributed by atoms with Crippen LogP contribution < -0.4 is 4.74 Å². The monoisotopic (exact) mass is 321 g/mol. The van der Waals surface area contributed by atoms with E-state index in [9.17, 15) is 9.90 Å². The molecule has 0 fully saturated rings. The Morgan fingerprint density at radius 1 is 1.37 bits per heavy atom. The Kier molecular flexibility index (Phi) is 4.16. The highest BCUT2D eigenvalue weighted by atomic mass is 79.9. The number of halogens is 1. The van der Waals surface area contributed by atoms with Crippen molar-refractivity contribution in [3.8, 4) is 5.75 Å². The Morgan fingerprint density at radius 3 is 2.68 bits per heavy atom. The Balaban J connectivity index is 2.26. The van der Waals surface area contributed by atoms with E-state index in [0.717, 1.165) is 5.56 Å². The zero-order chi connectivity index (χ0) is 13.8. The number of carboxylic acid groups (broad SMARTS) is 1. The molecule has 19 heavy (non-hydrogen) atoms. The van der Waals surface area contributed by atoms with Gasteiger partial charge in [0.15, 0.2) is 5.75 Å². The van der Waals surface area contributed by atoms with Gasteiger partial charge in [0.05, 0.1) is 6.20 Å². The summed E-state index contributed by atoms with van der Waals surface area (Å²) in [4.78, 5) is 15.3. The van der Waals surface area contributed by atoms with E-state index in [2.05, 4.69) is 20.9 Å². The maximum absolute atomic E-state index is 11.3. The molecule has 2 aromatic rings. The summed E-state index contributed by atoms with van der Waals surface area (Å²) in [6, 6.07) is 9.56. The third kappa shape index (κ3) is 3.12. The molecule has 0 unspecified atom stereocenters. The summed E-state index contributed by atoms with van der Waals surface area (Å²) in [5.41, 5.74) is 1.66. The first kappa shape index (κ1) is 13.5. The lowest BCUT2D eigenvalue weighted by Crippen LogP contribution is -2.07. The molecule has 0 amide bonds. The van der Waals surface area contributed by atoms with E-state index in [1.807, 2.05) is 30.3 Å². The Labute approximate surface area is 119 Å². The second-order valence-corrected chi connectivity index (χ2v) is 4.74. The summed E-state index contributed by atoms with van der Waals surface area (Å²) in [5, 5.41) is 9.24. The van der Waals surface area contributed by atoms with Crippen molar-refractivity contribution < 1.29 is 14.6 Å². The highest BCUT2D eigenvalue weighted by Crippen LogP contribution is 2.26. The summed E-state index contributed by atoms with van der Waals surface area (Å²) in [7, 11) is 0. The van der Waals surface area contributed by atoms with Crippen LogP contribution in [0.25, 0.3) is 0 Å². The van der Waals surface area contributed by atoms with Gasteiger partial charge in [0.2, 0.25) is 0 Å². The fourth-order valence-corrected chi connectivity index (χ4v) is 1.98. The topological polar surface area (TPSA) is 59.4 Å². The molecule has 1 heterocycles.